The van der Waals surface area contributed by atoms with Crippen molar-refractivity contribution < 1.29 is 9.15 Å². The van der Waals surface area contributed by atoms with Crippen molar-refractivity contribution in [2.24, 2.45) is 5.73 Å². The molecule has 98 valence electrons. The first-order chi connectivity index (χ1) is 8.03. The van der Waals surface area contributed by atoms with E-state index in [-0.39, 0.29) is 5.54 Å². The molecule has 1 aromatic rings. The number of methoxy groups -OCH3 is 1. The highest BCUT2D eigenvalue weighted by atomic mass is 16.5. The molecule has 0 aromatic carbocycles. The second kappa shape index (κ2) is 6.19. The van der Waals surface area contributed by atoms with E-state index in [0.717, 1.165) is 25.3 Å². The maximum absolute atomic E-state index is 5.90. The molecule has 1 unspecified atom stereocenters. The number of rotatable bonds is 7. The molecule has 0 bridgehead atoms. The summed E-state index contributed by atoms with van der Waals surface area (Å²) < 4.78 is 10.5. The number of likely N-dealkylation sites (N-methyl/N-ethyl adjacent to an activating group) is 1. The SMILES string of the molecule is COCCC(C)(CN)N(C)Cc1ccoc1C. The Balaban J connectivity index is 2.66. The van der Waals surface area contributed by atoms with Crippen LogP contribution < -0.4 is 5.73 Å². The maximum atomic E-state index is 5.90. The Morgan fingerprint density at radius 2 is 2.24 bits per heavy atom. The second-order valence-electron chi connectivity index (χ2n) is 4.80. The zero-order valence-electron chi connectivity index (χ0n) is 11.3. The second-order valence-corrected chi connectivity index (χ2v) is 4.80. The molecule has 0 amide bonds. The molecule has 1 aromatic heterocycles. The summed E-state index contributed by atoms with van der Waals surface area (Å²) in [5.74, 6) is 0.975. The molecule has 0 aliphatic rings. The molecule has 1 rings (SSSR count). The Bertz CT molecular complexity index is 338. The predicted octanol–water partition coefficient (Wildman–Crippen LogP) is 1.77. The largest absolute Gasteiger partial charge is 0.469 e. The highest BCUT2D eigenvalue weighted by Gasteiger charge is 2.27. The van der Waals surface area contributed by atoms with Gasteiger partial charge in [-0.1, -0.05) is 0 Å². The van der Waals surface area contributed by atoms with E-state index in [2.05, 4.69) is 18.9 Å². The van der Waals surface area contributed by atoms with E-state index in [1.807, 2.05) is 13.0 Å². The normalized spacial score (nSPS) is 15.2. The monoisotopic (exact) mass is 240 g/mol. The van der Waals surface area contributed by atoms with Crippen LogP contribution in [0.4, 0.5) is 0 Å². The quantitative estimate of drug-likeness (QED) is 0.789. The van der Waals surface area contributed by atoms with Gasteiger partial charge in [0, 0.05) is 37.9 Å². The van der Waals surface area contributed by atoms with Gasteiger partial charge in [-0.3, -0.25) is 4.90 Å². The third-order valence-electron chi connectivity index (χ3n) is 3.58. The molecule has 0 aliphatic carbocycles. The van der Waals surface area contributed by atoms with E-state index in [1.165, 1.54) is 5.56 Å². The number of nitrogens with two attached hydrogens (primary N) is 1. The van der Waals surface area contributed by atoms with Gasteiger partial charge in [-0.25, -0.2) is 0 Å². The van der Waals surface area contributed by atoms with Crippen LogP contribution in [0.15, 0.2) is 16.7 Å². The van der Waals surface area contributed by atoms with Crippen molar-refractivity contribution in [2.45, 2.75) is 32.4 Å². The fraction of sp³-hybridized carbons (Fsp3) is 0.692. The lowest BCUT2D eigenvalue weighted by atomic mass is 9.96. The summed E-state index contributed by atoms with van der Waals surface area (Å²) >= 11 is 0. The molecule has 0 radical (unpaired) electrons. The molecule has 1 heterocycles. The Morgan fingerprint density at radius 1 is 1.53 bits per heavy atom. The predicted molar refractivity (Wildman–Crippen MR) is 68.9 cm³/mol. The van der Waals surface area contributed by atoms with Crippen molar-refractivity contribution in [3.05, 3.63) is 23.7 Å². The topological polar surface area (TPSA) is 51.6 Å². The lowest BCUT2D eigenvalue weighted by molar-refractivity contribution is 0.0836. The van der Waals surface area contributed by atoms with Crippen LogP contribution >= 0.6 is 0 Å². The van der Waals surface area contributed by atoms with Crippen LogP contribution in [-0.4, -0.2) is 37.7 Å². The van der Waals surface area contributed by atoms with Crippen LogP contribution in [0.5, 0.6) is 0 Å². The molecule has 4 heteroatoms. The van der Waals surface area contributed by atoms with E-state index in [0.29, 0.717) is 6.54 Å². The molecule has 0 saturated heterocycles. The third-order valence-corrected chi connectivity index (χ3v) is 3.58. The molecule has 17 heavy (non-hydrogen) atoms. The summed E-state index contributed by atoms with van der Waals surface area (Å²) in [5.41, 5.74) is 7.07. The first-order valence-corrected chi connectivity index (χ1v) is 5.96. The van der Waals surface area contributed by atoms with E-state index < -0.39 is 0 Å². The van der Waals surface area contributed by atoms with Crippen molar-refractivity contribution in [1.82, 2.24) is 4.90 Å². The number of ether oxygens (including phenoxy) is 1. The van der Waals surface area contributed by atoms with E-state index in [9.17, 15) is 0 Å². The Morgan fingerprint density at radius 3 is 2.71 bits per heavy atom. The van der Waals surface area contributed by atoms with Gasteiger partial charge >= 0.3 is 0 Å². The summed E-state index contributed by atoms with van der Waals surface area (Å²) in [4.78, 5) is 2.27. The Kier molecular flexibility index (Phi) is 5.18. The van der Waals surface area contributed by atoms with Crippen molar-refractivity contribution >= 4 is 0 Å². The first-order valence-electron chi connectivity index (χ1n) is 5.96. The summed E-state index contributed by atoms with van der Waals surface area (Å²) in [5, 5.41) is 0. The zero-order chi connectivity index (χ0) is 12.9. The zero-order valence-corrected chi connectivity index (χ0v) is 11.3. The lowest BCUT2D eigenvalue weighted by Crippen LogP contribution is -2.50. The number of hydrogen-bond acceptors (Lipinski definition) is 4. The van der Waals surface area contributed by atoms with Crippen molar-refractivity contribution in [1.29, 1.82) is 0 Å². The van der Waals surface area contributed by atoms with Crippen molar-refractivity contribution in [3.8, 4) is 0 Å². The van der Waals surface area contributed by atoms with Crippen LogP contribution in [0.2, 0.25) is 0 Å². The molecule has 1 atom stereocenters. The average molecular weight is 240 g/mol. The van der Waals surface area contributed by atoms with Crippen molar-refractivity contribution in [2.75, 3.05) is 27.3 Å². The average Bonchev–Trinajstić information content (AvgIpc) is 2.72. The molecule has 0 saturated carbocycles. The smallest absolute Gasteiger partial charge is 0.105 e. The van der Waals surface area contributed by atoms with Gasteiger partial charge in [-0.2, -0.15) is 0 Å². The van der Waals surface area contributed by atoms with E-state index in [1.54, 1.807) is 13.4 Å². The number of nitrogens with zero attached hydrogens (tertiary/aromatic N) is 1. The van der Waals surface area contributed by atoms with E-state index in [4.69, 9.17) is 14.9 Å². The van der Waals surface area contributed by atoms with Crippen LogP contribution in [0.3, 0.4) is 0 Å². The minimum atomic E-state index is -0.0419. The highest BCUT2D eigenvalue weighted by Crippen LogP contribution is 2.21. The third kappa shape index (κ3) is 3.56. The minimum absolute atomic E-state index is 0.0419. The molecule has 2 N–H and O–H groups in total. The fourth-order valence-electron chi connectivity index (χ4n) is 1.79. The van der Waals surface area contributed by atoms with Gasteiger partial charge in [0.25, 0.3) is 0 Å². The van der Waals surface area contributed by atoms with Gasteiger partial charge in [-0.15, -0.1) is 0 Å². The van der Waals surface area contributed by atoms with Gasteiger partial charge in [0.2, 0.25) is 0 Å². The van der Waals surface area contributed by atoms with Gasteiger partial charge in [0.1, 0.15) is 5.76 Å². The van der Waals surface area contributed by atoms with Crippen LogP contribution in [-0.2, 0) is 11.3 Å². The number of aryl methyl sites for hydroxylation is 1. The molecule has 0 aliphatic heterocycles. The lowest BCUT2D eigenvalue weighted by Gasteiger charge is -2.38. The van der Waals surface area contributed by atoms with Crippen LogP contribution in [0.25, 0.3) is 0 Å². The van der Waals surface area contributed by atoms with Gasteiger partial charge < -0.3 is 14.9 Å². The van der Waals surface area contributed by atoms with Crippen molar-refractivity contribution in [3.63, 3.8) is 0 Å². The van der Waals surface area contributed by atoms with Crippen LogP contribution in [0, 0.1) is 6.92 Å². The van der Waals surface area contributed by atoms with Gasteiger partial charge in [-0.05, 0) is 33.4 Å². The summed E-state index contributed by atoms with van der Waals surface area (Å²) in [6.07, 6.45) is 2.65. The number of furan rings is 1. The summed E-state index contributed by atoms with van der Waals surface area (Å²) in [6.45, 7) is 6.34. The van der Waals surface area contributed by atoms with Gasteiger partial charge in [0.15, 0.2) is 0 Å². The van der Waals surface area contributed by atoms with Crippen LogP contribution in [0.1, 0.15) is 24.7 Å². The summed E-state index contributed by atoms with van der Waals surface area (Å²) in [6, 6.07) is 2.01. The number of hydrogen-bond donors (Lipinski definition) is 1. The molecular weight excluding hydrogens is 216 g/mol. The first kappa shape index (κ1) is 14.2. The maximum Gasteiger partial charge on any atom is 0.105 e. The molecule has 0 fully saturated rings. The molecular formula is C13H24N2O2. The molecule has 4 nitrogen and oxygen atoms in total. The summed E-state index contributed by atoms with van der Waals surface area (Å²) in [7, 11) is 3.81. The Labute approximate surface area is 104 Å². The highest BCUT2D eigenvalue weighted by molar-refractivity contribution is 5.15. The van der Waals surface area contributed by atoms with Gasteiger partial charge in [0.05, 0.1) is 6.26 Å². The molecule has 0 spiro atoms. The standard InChI is InChI=1S/C13H24N2O2/c1-11-12(5-7-17-11)9-15(3)13(2,10-14)6-8-16-4/h5,7H,6,8-10,14H2,1-4H3. The Hall–Kier alpha value is -0.840. The minimum Gasteiger partial charge on any atom is -0.469 e. The van der Waals surface area contributed by atoms with E-state index >= 15 is 0 Å². The fourth-order valence-corrected chi connectivity index (χ4v) is 1.79.